The molecule has 0 atom stereocenters. The number of nitrogens with zero attached hydrogens (tertiary/aromatic N) is 2. The third kappa shape index (κ3) is 6.12. The fourth-order valence-electron chi connectivity index (χ4n) is 4.47. The number of piperazine rings is 1. The van der Waals surface area contributed by atoms with E-state index in [1.54, 1.807) is 31.2 Å². The van der Waals surface area contributed by atoms with Crippen molar-refractivity contribution in [2.45, 2.75) is 25.8 Å². The average molecular weight is 457 g/mol. The highest BCUT2D eigenvalue weighted by Crippen LogP contribution is 2.29. The van der Waals surface area contributed by atoms with Gasteiger partial charge in [-0.1, -0.05) is 60.7 Å². The number of ether oxygens (including phenoxy) is 1. The highest BCUT2D eigenvalue weighted by atomic mass is 16.5. The van der Waals surface area contributed by atoms with E-state index >= 15 is 0 Å². The van der Waals surface area contributed by atoms with Gasteiger partial charge in [0, 0.05) is 38.2 Å². The molecule has 176 valence electrons. The Hall–Kier alpha value is -3.44. The number of carbonyl (C=O) groups excluding carboxylic acids is 2. The Morgan fingerprint density at radius 3 is 1.88 bits per heavy atom. The van der Waals surface area contributed by atoms with E-state index in [4.69, 9.17) is 4.74 Å². The SMILES string of the molecule is CC(=O)c1ccc(OCCCC(=O)N2CCN(C(c3ccccc3)c3ccccc3)CC2)cc1. The minimum atomic E-state index is 0.0381. The number of benzene rings is 3. The molecular formula is C29H32N2O3. The first-order valence-corrected chi connectivity index (χ1v) is 12.0. The number of ketones is 1. The molecule has 0 saturated carbocycles. The maximum absolute atomic E-state index is 12.8. The van der Waals surface area contributed by atoms with Gasteiger partial charge in [0.15, 0.2) is 5.78 Å². The van der Waals surface area contributed by atoms with E-state index in [-0.39, 0.29) is 17.7 Å². The number of carbonyl (C=O) groups is 2. The smallest absolute Gasteiger partial charge is 0.222 e. The predicted octanol–water partition coefficient (Wildman–Crippen LogP) is 4.98. The van der Waals surface area contributed by atoms with Crippen molar-refractivity contribution in [2.24, 2.45) is 0 Å². The highest BCUT2D eigenvalue weighted by molar-refractivity contribution is 5.94. The van der Waals surface area contributed by atoms with Crippen molar-refractivity contribution in [3.63, 3.8) is 0 Å². The predicted molar refractivity (Wildman–Crippen MR) is 134 cm³/mol. The second kappa shape index (κ2) is 11.6. The second-order valence-electron chi connectivity index (χ2n) is 8.67. The lowest BCUT2D eigenvalue weighted by Gasteiger charge is -2.40. The van der Waals surface area contributed by atoms with E-state index in [2.05, 4.69) is 53.4 Å². The van der Waals surface area contributed by atoms with Crippen molar-refractivity contribution in [1.29, 1.82) is 0 Å². The minimum absolute atomic E-state index is 0.0381. The van der Waals surface area contributed by atoms with Crippen LogP contribution in [0, 0.1) is 0 Å². The molecule has 1 fully saturated rings. The van der Waals surface area contributed by atoms with Gasteiger partial charge in [-0.05, 0) is 48.7 Å². The zero-order chi connectivity index (χ0) is 23.8. The maximum Gasteiger partial charge on any atom is 0.222 e. The molecule has 3 aromatic carbocycles. The van der Waals surface area contributed by atoms with E-state index in [1.165, 1.54) is 11.1 Å². The van der Waals surface area contributed by atoms with Gasteiger partial charge in [0.25, 0.3) is 0 Å². The molecule has 1 amide bonds. The van der Waals surface area contributed by atoms with Gasteiger partial charge in [0.05, 0.1) is 12.6 Å². The second-order valence-corrected chi connectivity index (χ2v) is 8.67. The van der Waals surface area contributed by atoms with E-state index in [1.807, 2.05) is 17.0 Å². The van der Waals surface area contributed by atoms with Crippen LogP contribution in [0.3, 0.4) is 0 Å². The van der Waals surface area contributed by atoms with Crippen LogP contribution in [0.1, 0.15) is 47.3 Å². The summed E-state index contributed by atoms with van der Waals surface area (Å²) in [6.07, 6.45) is 1.15. The summed E-state index contributed by atoms with van der Waals surface area (Å²) in [4.78, 5) is 28.6. The molecule has 0 unspecified atom stereocenters. The van der Waals surface area contributed by atoms with Crippen LogP contribution in [0.5, 0.6) is 5.75 Å². The normalized spacial score (nSPS) is 14.2. The Kier molecular flexibility index (Phi) is 8.10. The third-order valence-corrected chi connectivity index (χ3v) is 6.33. The van der Waals surface area contributed by atoms with Crippen molar-refractivity contribution in [3.05, 3.63) is 102 Å². The first kappa shape index (κ1) is 23.7. The molecule has 5 nitrogen and oxygen atoms in total. The summed E-state index contributed by atoms with van der Waals surface area (Å²) >= 11 is 0. The summed E-state index contributed by atoms with van der Waals surface area (Å²) in [6, 6.07) is 28.5. The number of rotatable bonds is 9. The Balaban J connectivity index is 1.26. The van der Waals surface area contributed by atoms with E-state index in [9.17, 15) is 9.59 Å². The van der Waals surface area contributed by atoms with Crippen LogP contribution in [0.25, 0.3) is 0 Å². The van der Waals surface area contributed by atoms with E-state index < -0.39 is 0 Å². The monoisotopic (exact) mass is 456 g/mol. The van der Waals surface area contributed by atoms with Gasteiger partial charge < -0.3 is 9.64 Å². The van der Waals surface area contributed by atoms with Crippen molar-refractivity contribution in [1.82, 2.24) is 9.80 Å². The van der Waals surface area contributed by atoms with Crippen LogP contribution >= 0.6 is 0 Å². The van der Waals surface area contributed by atoms with Crippen LogP contribution in [0.15, 0.2) is 84.9 Å². The molecule has 34 heavy (non-hydrogen) atoms. The van der Waals surface area contributed by atoms with Crippen LogP contribution < -0.4 is 4.74 Å². The van der Waals surface area contributed by atoms with Crippen LogP contribution in [0.2, 0.25) is 0 Å². The lowest BCUT2D eigenvalue weighted by molar-refractivity contribution is -0.133. The molecule has 0 bridgehead atoms. The fourth-order valence-corrected chi connectivity index (χ4v) is 4.47. The maximum atomic E-state index is 12.8. The molecule has 0 N–H and O–H groups in total. The number of hydrogen-bond donors (Lipinski definition) is 0. The van der Waals surface area contributed by atoms with Crippen molar-refractivity contribution in [2.75, 3.05) is 32.8 Å². The van der Waals surface area contributed by atoms with Gasteiger partial charge in [0.1, 0.15) is 5.75 Å². The molecule has 1 aliphatic heterocycles. The Morgan fingerprint density at radius 2 is 1.35 bits per heavy atom. The topological polar surface area (TPSA) is 49.9 Å². The van der Waals surface area contributed by atoms with Crippen molar-refractivity contribution in [3.8, 4) is 5.75 Å². The van der Waals surface area contributed by atoms with Crippen LogP contribution in [0.4, 0.5) is 0 Å². The van der Waals surface area contributed by atoms with Crippen molar-refractivity contribution < 1.29 is 14.3 Å². The lowest BCUT2D eigenvalue weighted by Crippen LogP contribution is -2.49. The summed E-state index contributed by atoms with van der Waals surface area (Å²) in [6.45, 7) is 5.20. The Bertz CT molecular complexity index is 1020. The minimum Gasteiger partial charge on any atom is -0.494 e. The molecule has 5 heteroatoms. The van der Waals surface area contributed by atoms with Gasteiger partial charge >= 0.3 is 0 Å². The summed E-state index contributed by atoms with van der Waals surface area (Å²) in [5, 5.41) is 0. The first-order chi connectivity index (χ1) is 16.6. The zero-order valence-electron chi connectivity index (χ0n) is 19.7. The summed E-state index contributed by atoms with van der Waals surface area (Å²) in [7, 11) is 0. The van der Waals surface area contributed by atoms with E-state index in [0.29, 0.717) is 25.0 Å². The number of amides is 1. The summed E-state index contributed by atoms with van der Waals surface area (Å²) in [5.74, 6) is 0.946. The zero-order valence-corrected chi connectivity index (χ0v) is 19.7. The highest BCUT2D eigenvalue weighted by Gasteiger charge is 2.27. The van der Waals surface area contributed by atoms with Gasteiger partial charge in [-0.2, -0.15) is 0 Å². The van der Waals surface area contributed by atoms with Gasteiger partial charge in [-0.15, -0.1) is 0 Å². The molecular weight excluding hydrogens is 424 g/mol. The average Bonchev–Trinajstić information content (AvgIpc) is 2.88. The fraction of sp³-hybridized carbons (Fsp3) is 0.310. The standard InChI is InChI=1S/C29H32N2O3/c1-23(32)24-14-16-27(17-15-24)34-22-8-13-28(33)30-18-20-31(21-19-30)29(25-9-4-2-5-10-25)26-11-6-3-7-12-26/h2-7,9-12,14-17,29H,8,13,18-22H2,1H3. The lowest BCUT2D eigenvalue weighted by atomic mass is 9.96. The molecule has 1 heterocycles. The molecule has 0 spiro atoms. The molecule has 0 radical (unpaired) electrons. The molecule has 3 aromatic rings. The quantitative estimate of drug-likeness (QED) is 0.337. The van der Waals surface area contributed by atoms with Crippen molar-refractivity contribution >= 4 is 11.7 Å². The summed E-state index contributed by atoms with van der Waals surface area (Å²) < 4.78 is 5.73. The van der Waals surface area contributed by atoms with Crippen LogP contribution in [-0.2, 0) is 4.79 Å². The summed E-state index contributed by atoms with van der Waals surface area (Å²) in [5.41, 5.74) is 3.23. The molecule has 0 aromatic heterocycles. The Morgan fingerprint density at radius 1 is 0.794 bits per heavy atom. The third-order valence-electron chi connectivity index (χ3n) is 6.33. The first-order valence-electron chi connectivity index (χ1n) is 12.0. The molecule has 1 saturated heterocycles. The Labute approximate surface area is 202 Å². The number of Topliss-reactive ketones (excluding diaryl/α,β-unsaturated/α-hetero) is 1. The molecule has 4 rings (SSSR count). The van der Waals surface area contributed by atoms with Gasteiger partial charge in [0.2, 0.25) is 5.91 Å². The van der Waals surface area contributed by atoms with Gasteiger partial charge in [-0.25, -0.2) is 0 Å². The molecule has 1 aliphatic rings. The largest absolute Gasteiger partial charge is 0.494 e. The number of hydrogen-bond acceptors (Lipinski definition) is 4. The van der Waals surface area contributed by atoms with Crippen LogP contribution in [-0.4, -0.2) is 54.3 Å². The van der Waals surface area contributed by atoms with Gasteiger partial charge in [-0.3, -0.25) is 14.5 Å². The molecule has 0 aliphatic carbocycles. The van der Waals surface area contributed by atoms with E-state index in [0.717, 1.165) is 31.9 Å².